The summed E-state index contributed by atoms with van der Waals surface area (Å²) in [6.07, 6.45) is 8.68. The van der Waals surface area contributed by atoms with Gasteiger partial charge in [0.05, 0.1) is 34.1 Å². The second-order valence-electron chi connectivity index (χ2n) is 18.4. The third-order valence-corrected chi connectivity index (χ3v) is 21.0. The van der Waals surface area contributed by atoms with E-state index in [2.05, 4.69) is 15.0 Å². The molecule has 0 saturated heterocycles. The number of fused-ring (bicyclic) bond motifs is 3. The van der Waals surface area contributed by atoms with Gasteiger partial charge in [-0.1, -0.05) is 53.0 Å². The highest BCUT2D eigenvalue weighted by Gasteiger charge is 2.39. The van der Waals surface area contributed by atoms with Crippen molar-refractivity contribution >= 4 is 158 Å². The zero-order valence-corrected chi connectivity index (χ0v) is 50.1. The fourth-order valence-corrected chi connectivity index (χ4v) is 16.8. The van der Waals surface area contributed by atoms with Crippen LogP contribution in [0.3, 0.4) is 0 Å². The maximum atomic E-state index is 14.0. The largest absolute Gasteiger partial charge is 0.477 e. The van der Waals surface area contributed by atoms with Gasteiger partial charge in [0.1, 0.15) is 17.1 Å². The summed E-state index contributed by atoms with van der Waals surface area (Å²) in [6, 6.07) is 35.5. The van der Waals surface area contributed by atoms with Crippen LogP contribution in [-0.2, 0) is 27.3 Å². The molecule has 18 nitrogen and oxygen atoms in total. The van der Waals surface area contributed by atoms with Crippen LogP contribution in [0.15, 0.2) is 127 Å². The maximum Gasteiger partial charge on any atom is 0.353 e. The quantitative estimate of drug-likeness (QED) is 0.0410. The van der Waals surface area contributed by atoms with Crippen molar-refractivity contribution in [2.45, 2.75) is 20.8 Å². The molecule has 24 heteroatoms. The van der Waals surface area contributed by atoms with Crippen LogP contribution in [0.5, 0.6) is 0 Å². The summed E-state index contributed by atoms with van der Waals surface area (Å²) in [4.78, 5) is 44.0. The number of hydrogen-bond acceptors (Lipinski definition) is 12. The van der Waals surface area contributed by atoms with Gasteiger partial charge >= 0.3 is 17.9 Å². The van der Waals surface area contributed by atoms with Crippen molar-refractivity contribution in [3.63, 3.8) is 0 Å². The van der Waals surface area contributed by atoms with Gasteiger partial charge in [-0.15, -0.1) is 0 Å². The summed E-state index contributed by atoms with van der Waals surface area (Å²) in [5, 5.41) is 58.9. The summed E-state index contributed by atoms with van der Waals surface area (Å²) in [5.41, 5.74) is 5.19. The molecule has 3 aromatic heterocycles. The van der Waals surface area contributed by atoms with Crippen LogP contribution in [0.25, 0.3) is 50.9 Å². The first kappa shape index (κ1) is 63.1. The fourth-order valence-electron chi connectivity index (χ4n) is 9.38. The number of hydrogen-bond donors (Lipinski definition) is 6. The van der Waals surface area contributed by atoms with E-state index in [0.717, 1.165) is 16.7 Å². The average molecular weight is 1240 g/mol. The highest BCUT2D eigenvalue weighted by Crippen LogP contribution is 2.50. The van der Waals surface area contributed by atoms with E-state index in [4.69, 9.17) is 64.2 Å². The summed E-state index contributed by atoms with van der Waals surface area (Å²) in [7, 11) is -7.52. The lowest BCUT2D eigenvalue weighted by atomic mass is 10.1. The smallest absolute Gasteiger partial charge is 0.353 e. The first-order chi connectivity index (χ1) is 39.9. The molecular formula is C60H48Cl3N6O12P3. The molecular weight excluding hydrogens is 1200 g/mol. The molecule has 84 heavy (non-hydrogen) atoms. The fraction of sp³-hybridized carbons (Fsp3) is 0.100. The van der Waals surface area contributed by atoms with Crippen LogP contribution in [0.1, 0.15) is 64.8 Å². The Kier molecular flexibility index (Phi) is 19.8. The molecule has 3 atom stereocenters. The molecule has 0 radical (unpaired) electrons. The van der Waals surface area contributed by atoms with Gasteiger partial charge in [-0.25, -0.2) is 14.4 Å². The lowest BCUT2D eigenvalue weighted by Crippen LogP contribution is -2.23. The van der Waals surface area contributed by atoms with Crippen LogP contribution in [0.2, 0.25) is 15.1 Å². The van der Waals surface area contributed by atoms with E-state index in [-0.39, 0.29) is 33.0 Å². The van der Waals surface area contributed by atoms with Crippen molar-refractivity contribution in [1.82, 2.24) is 15.0 Å². The molecule has 0 aliphatic rings. The molecule has 9 rings (SSSR count). The van der Waals surface area contributed by atoms with Crippen LogP contribution >= 0.6 is 56.9 Å². The third kappa shape index (κ3) is 13.1. The Bertz CT molecular complexity index is 4070. The number of aryl methyl sites for hydroxylation is 3. The van der Waals surface area contributed by atoms with Gasteiger partial charge in [0, 0.05) is 103 Å². The van der Waals surface area contributed by atoms with Gasteiger partial charge in [-0.3, -0.25) is 13.7 Å². The Balaban J connectivity index is 0.000000181. The van der Waals surface area contributed by atoms with Gasteiger partial charge in [0.2, 0.25) is 0 Å². The molecule has 6 N–H and O–H groups in total. The minimum atomic E-state index is -3.79. The van der Waals surface area contributed by atoms with Gasteiger partial charge in [0.15, 0.2) is 0 Å². The summed E-state index contributed by atoms with van der Waals surface area (Å²) in [5.74, 6) is -3.76. The van der Waals surface area contributed by atoms with Crippen molar-refractivity contribution < 1.29 is 57.0 Å². The Labute approximate surface area is 495 Å². The van der Waals surface area contributed by atoms with Crippen molar-refractivity contribution in [3.05, 3.63) is 193 Å². The van der Waals surface area contributed by atoms with E-state index in [1.54, 1.807) is 109 Å². The zero-order chi connectivity index (χ0) is 61.4. The predicted octanol–water partition coefficient (Wildman–Crippen LogP) is 12.7. The number of nitrogens with one attached hydrogen (secondary N) is 3. The number of nitriles is 3. The van der Waals surface area contributed by atoms with E-state index in [0.29, 0.717) is 80.4 Å². The van der Waals surface area contributed by atoms with Crippen molar-refractivity contribution in [1.29, 1.82) is 15.8 Å². The van der Waals surface area contributed by atoms with Gasteiger partial charge < -0.3 is 43.8 Å². The predicted molar refractivity (Wildman–Crippen MR) is 330 cm³/mol. The second-order valence-corrected chi connectivity index (χ2v) is 27.0. The SMILES string of the molecule is COP(=O)(c1cc(C)cc(/C=C/C#N)c1)c1c(C(=O)O)[nH]c2ccc(Cl)cc12.COP(=O)(c1cc(C)cc(/C=C/C#N)c1)c1c(C(=O)O)[nH]c2ccc(Cl)cc12.COP(=O)(c1cc(C)cc(/C=C/C#N)c1)c1c(C(=O)O)[nH]c2ccc(Cl)cc12. The summed E-state index contributed by atoms with van der Waals surface area (Å²) in [6.45, 7) is 5.45. The minimum Gasteiger partial charge on any atom is -0.477 e. The Hall–Kier alpha value is -8.52. The van der Waals surface area contributed by atoms with Gasteiger partial charge in [-0.05, 0) is 163 Å². The number of allylic oxidation sites excluding steroid dienone is 3. The van der Waals surface area contributed by atoms with E-state index in [1.165, 1.54) is 39.6 Å². The first-order valence-corrected chi connectivity index (χ1v) is 30.6. The number of rotatable bonds is 15. The number of carboxylic acids is 3. The molecule has 0 amide bonds. The van der Waals surface area contributed by atoms with Crippen molar-refractivity contribution in [2.24, 2.45) is 0 Å². The highest BCUT2D eigenvalue weighted by atomic mass is 35.5. The molecule has 0 aliphatic carbocycles. The topological polar surface area (TPSA) is 310 Å². The normalized spacial score (nSPS) is 13.5. The highest BCUT2D eigenvalue weighted by molar-refractivity contribution is 7.75. The molecule has 0 spiro atoms. The first-order valence-electron chi connectivity index (χ1n) is 24.6. The molecule has 9 aromatic rings. The third-order valence-electron chi connectivity index (χ3n) is 12.8. The van der Waals surface area contributed by atoms with Crippen LogP contribution < -0.4 is 31.8 Å². The number of aromatic nitrogens is 3. The number of benzene rings is 6. The van der Waals surface area contributed by atoms with Crippen LogP contribution in [-0.4, -0.2) is 69.5 Å². The summed E-state index contributed by atoms with van der Waals surface area (Å²) >= 11 is 18.3. The lowest BCUT2D eigenvalue weighted by Gasteiger charge is -2.18. The number of halogens is 3. The van der Waals surface area contributed by atoms with Crippen LogP contribution in [0, 0.1) is 54.8 Å². The molecule has 6 aromatic carbocycles. The van der Waals surface area contributed by atoms with Gasteiger partial charge in [0.25, 0.3) is 22.1 Å². The van der Waals surface area contributed by atoms with E-state index in [1.807, 2.05) is 57.2 Å². The molecule has 0 fully saturated rings. The number of aromatic carboxylic acids is 3. The van der Waals surface area contributed by atoms with Gasteiger partial charge in [-0.2, -0.15) is 15.8 Å². The average Bonchev–Trinajstić information content (AvgIpc) is 1.93. The zero-order valence-electron chi connectivity index (χ0n) is 45.2. The number of carbonyl (C=O) groups is 3. The summed E-state index contributed by atoms with van der Waals surface area (Å²) < 4.78 is 58.5. The molecule has 3 unspecified atom stereocenters. The molecule has 426 valence electrons. The van der Waals surface area contributed by atoms with E-state index >= 15 is 0 Å². The second kappa shape index (κ2) is 26.4. The Morgan fingerprint density at radius 3 is 0.905 bits per heavy atom. The maximum absolute atomic E-state index is 14.0. The molecule has 0 aliphatic heterocycles. The van der Waals surface area contributed by atoms with E-state index < -0.39 is 40.0 Å². The Morgan fingerprint density at radius 2 is 0.690 bits per heavy atom. The Morgan fingerprint density at radius 1 is 0.440 bits per heavy atom. The lowest BCUT2D eigenvalue weighted by molar-refractivity contribution is 0.0682. The molecule has 0 bridgehead atoms. The minimum absolute atomic E-state index is 0.0563. The standard InChI is InChI=1S/3C20H16ClN2O4P/c3*1-12-8-13(4-3-7-22)10-15(9-12)28(26,27-2)19-16-11-14(21)5-6-17(16)23-18(19)20(24)25/h3*3-6,8-11,23H,1-2H3,(H,24,25)/b3*4-3+. The van der Waals surface area contributed by atoms with Crippen molar-refractivity contribution in [3.8, 4) is 18.2 Å². The van der Waals surface area contributed by atoms with Crippen molar-refractivity contribution in [2.75, 3.05) is 21.3 Å². The number of nitrogens with zero attached hydrogens (tertiary/aromatic N) is 3. The number of aromatic amines is 3. The molecule has 0 saturated carbocycles. The van der Waals surface area contributed by atoms with Crippen LogP contribution in [0.4, 0.5) is 0 Å². The molecule has 3 heterocycles. The number of carboxylic acid groups (broad SMARTS) is 3. The van der Waals surface area contributed by atoms with E-state index in [9.17, 15) is 43.4 Å². The number of H-pyrrole nitrogens is 3. The monoisotopic (exact) mass is 1240 g/mol.